The Morgan fingerprint density at radius 3 is 1.88 bits per heavy atom. The van der Waals surface area contributed by atoms with Gasteiger partial charge in [-0.05, 0) is 37.3 Å². The third-order valence-electron chi connectivity index (χ3n) is 4.55. The second kappa shape index (κ2) is 7.79. The quantitative estimate of drug-likeness (QED) is 0.831. The van der Waals surface area contributed by atoms with Crippen LogP contribution in [0.3, 0.4) is 0 Å². The second-order valence-electron chi connectivity index (χ2n) is 6.30. The van der Waals surface area contributed by atoms with E-state index >= 15 is 0 Å². The number of methoxy groups -OCH3 is 1. The summed E-state index contributed by atoms with van der Waals surface area (Å²) in [5.41, 5.74) is 2.32. The van der Waals surface area contributed by atoms with Crippen molar-refractivity contribution in [1.29, 1.82) is 0 Å². The normalized spacial score (nSPS) is 14.3. The molecule has 1 aliphatic rings. The van der Waals surface area contributed by atoms with Crippen molar-refractivity contribution in [2.75, 3.05) is 33.3 Å². The van der Waals surface area contributed by atoms with Crippen LogP contribution >= 0.6 is 11.6 Å². The zero-order valence-electron chi connectivity index (χ0n) is 14.9. The zero-order chi connectivity index (χ0) is 18.7. The zero-order valence-corrected chi connectivity index (χ0v) is 15.6. The van der Waals surface area contributed by atoms with Gasteiger partial charge in [0.25, 0.3) is 11.8 Å². The molecule has 2 amide bonds. The maximum Gasteiger partial charge on any atom is 0.254 e. The van der Waals surface area contributed by atoms with E-state index in [-0.39, 0.29) is 11.8 Å². The van der Waals surface area contributed by atoms with Gasteiger partial charge in [-0.25, -0.2) is 0 Å². The molecule has 0 bridgehead atoms. The Bertz CT molecular complexity index is 812. The monoisotopic (exact) mass is 372 g/mol. The lowest BCUT2D eigenvalue weighted by Crippen LogP contribution is -2.50. The highest BCUT2D eigenvalue weighted by molar-refractivity contribution is 6.32. The minimum atomic E-state index is -0.0861. The van der Waals surface area contributed by atoms with Crippen LogP contribution in [0.4, 0.5) is 0 Å². The van der Waals surface area contributed by atoms with Gasteiger partial charge >= 0.3 is 0 Å². The van der Waals surface area contributed by atoms with Crippen LogP contribution in [0.15, 0.2) is 42.5 Å². The number of halogens is 1. The van der Waals surface area contributed by atoms with Gasteiger partial charge in [0.1, 0.15) is 5.75 Å². The number of ether oxygens (including phenoxy) is 1. The minimum absolute atomic E-state index is 0.00425. The van der Waals surface area contributed by atoms with Gasteiger partial charge in [0.15, 0.2) is 0 Å². The minimum Gasteiger partial charge on any atom is -0.495 e. The molecule has 0 radical (unpaired) electrons. The molecule has 0 saturated carbocycles. The van der Waals surface area contributed by atoms with Gasteiger partial charge in [-0.15, -0.1) is 0 Å². The van der Waals surface area contributed by atoms with Gasteiger partial charge in [0.2, 0.25) is 0 Å². The Balaban J connectivity index is 1.62. The third-order valence-corrected chi connectivity index (χ3v) is 4.85. The predicted octanol–water partition coefficient (Wildman–Crippen LogP) is 3.26. The van der Waals surface area contributed by atoms with Crippen LogP contribution in [0.5, 0.6) is 5.75 Å². The van der Waals surface area contributed by atoms with E-state index in [1.807, 2.05) is 31.2 Å². The molecule has 0 aliphatic carbocycles. The van der Waals surface area contributed by atoms with Crippen molar-refractivity contribution in [1.82, 2.24) is 9.80 Å². The van der Waals surface area contributed by atoms with Crippen molar-refractivity contribution in [2.24, 2.45) is 0 Å². The van der Waals surface area contributed by atoms with Crippen LogP contribution < -0.4 is 4.74 Å². The molecule has 1 fully saturated rings. The maximum absolute atomic E-state index is 12.7. The molecular formula is C20H21ClN2O3. The first-order valence-corrected chi connectivity index (χ1v) is 8.86. The standard InChI is InChI=1S/C20H21ClN2O3/c1-14-3-5-15(6-4-14)19(24)22-9-11-23(12-10-22)20(25)16-7-8-18(26-2)17(21)13-16/h3-8,13H,9-12H2,1-2H3. The number of carbonyl (C=O) groups is 2. The highest BCUT2D eigenvalue weighted by Crippen LogP contribution is 2.25. The molecule has 0 atom stereocenters. The molecule has 1 aliphatic heterocycles. The number of piperazine rings is 1. The van der Waals surface area contributed by atoms with E-state index in [0.717, 1.165) is 5.56 Å². The van der Waals surface area contributed by atoms with Gasteiger partial charge in [-0.2, -0.15) is 0 Å². The van der Waals surface area contributed by atoms with Crippen LogP contribution in [0.2, 0.25) is 5.02 Å². The van der Waals surface area contributed by atoms with E-state index in [4.69, 9.17) is 16.3 Å². The van der Waals surface area contributed by atoms with E-state index in [1.165, 1.54) is 7.11 Å². The lowest BCUT2D eigenvalue weighted by Gasteiger charge is -2.35. The van der Waals surface area contributed by atoms with Crippen LogP contribution in [0.25, 0.3) is 0 Å². The lowest BCUT2D eigenvalue weighted by molar-refractivity contribution is 0.0535. The number of hydrogen-bond donors (Lipinski definition) is 0. The van der Waals surface area contributed by atoms with Gasteiger partial charge in [0, 0.05) is 37.3 Å². The molecule has 1 heterocycles. The van der Waals surface area contributed by atoms with E-state index in [9.17, 15) is 9.59 Å². The van der Waals surface area contributed by atoms with E-state index < -0.39 is 0 Å². The first-order chi connectivity index (χ1) is 12.5. The Kier molecular flexibility index (Phi) is 5.47. The maximum atomic E-state index is 12.7. The molecule has 0 aromatic heterocycles. The smallest absolute Gasteiger partial charge is 0.254 e. The topological polar surface area (TPSA) is 49.9 Å². The van der Waals surface area contributed by atoms with Gasteiger partial charge in [-0.3, -0.25) is 9.59 Å². The molecule has 0 unspecified atom stereocenters. The number of carbonyl (C=O) groups excluding carboxylic acids is 2. The average molecular weight is 373 g/mol. The SMILES string of the molecule is COc1ccc(C(=O)N2CCN(C(=O)c3ccc(C)cc3)CC2)cc1Cl. The predicted molar refractivity (Wildman–Crippen MR) is 101 cm³/mol. The molecule has 1 saturated heterocycles. The highest BCUT2D eigenvalue weighted by Gasteiger charge is 2.25. The fraction of sp³-hybridized carbons (Fsp3) is 0.300. The summed E-state index contributed by atoms with van der Waals surface area (Å²) in [6, 6.07) is 12.6. The molecule has 2 aromatic carbocycles. The van der Waals surface area contributed by atoms with E-state index in [2.05, 4.69) is 0 Å². The highest BCUT2D eigenvalue weighted by atomic mass is 35.5. The summed E-state index contributed by atoms with van der Waals surface area (Å²) in [6.07, 6.45) is 0. The molecule has 3 rings (SSSR count). The second-order valence-corrected chi connectivity index (χ2v) is 6.71. The summed E-state index contributed by atoms with van der Waals surface area (Å²) in [5.74, 6) is 0.457. The van der Waals surface area contributed by atoms with E-state index in [0.29, 0.717) is 48.1 Å². The molecule has 5 nitrogen and oxygen atoms in total. The van der Waals surface area contributed by atoms with Gasteiger partial charge in [0.05, 0.1) is 12.1 Å². The molecular weight excluding hydrogens is 352 g/mol. The fourth-order valence-corrected chi connectivity index (χ4v) is 3.23. The van der Waals surface area contributed by atoms with Crippen LogP contribution in [-0.4, -0.2) is 54.9 Å². The summed E-state index contributed by atoms with van der Waals surface area (Å²) in [7, 11) is 1.53. The van der Waals surface area contributed by atoms with Crippen molar-refractivity contribution in [3.8, 4) is 5.75 Å². The van der Waals surface area contributed by atoms with Crippen molar-refractivity contribution in [2.45, 2.75) is 6.92 Å². The first-order valence-electron chi connectivity index (χ1n) is 8.48. The number of benzene rings is 2. The molecule has 26 heavy (non-hydrogen) atoms. The average Bonchev–Trinajstić information content (AvgIpc) is 2.67. The summed E-state index contributed by atoms with van der Waals surface area (Å²) >= 11 is 6.11. The Morgan fingerprint density at radius 2 is 1.38 bits per heavy atom. The molecule has 0 spiro atoms. The largest absolute Gasteiger partial charge is 0.495 e. The third kappa shape index (κ3) is 3.83. The van der Waals surface area contributed by atoms with Gasteiger partial charge in [-0.1, -0.05) is 29.3 Å². The molecule has 0 N–H and O–H groups in total. The Labute approximate surface area is 158 Å². The van der Waals surface area contributed by atoms with Crippen molar-refractivity contribution in [3.05, 3.63) is 64.2 Å². The van der Waals surface area contributed by atoms with Crippen molar-refractivity contribution >= 4 is 23.4 Å². The Hall–Kier alpha value is -2.53. The summed E-state index contributed by atoms with van der Waals surface area (Å²) in [6.45, 7) is 4.02. The summed E-state index contributed by atoms with van der Waals surface area (Å²) in [5, 5.41) is 0.409. The van der Waals surface area contributed by atoms with Crippen molar-refractivity contribution in [3.63, 3.8) is 0 Å². The number of rotatable bonds is 3. The number of hydrogen-bond acceptors (Lipinski definition) is 3. The molecule has 6 heteroatoms. The summed E-state index contributed by atoms with van der Waals surface area (Å²) < 4.78 is 5.11. The fourth-order valence-electron chi connectivity index (χ4n) is 2.97. The number of amides is 2. The first kappa shape index (κ1) is 18.3. The number of nitrogens with zero attached hydrogens (tertiary/aromatic N) is 2. The van der Waals surface area contributed by atoms with Crippen molar-refractivity contribution < 1.29 is 14.3 Å². The van der Waals surface area contributed by atoms with Crippen LogP contribution in [0.1, 0.15) is 26.3 Å². The molecule has 136 valence electrons. The Morgan fingerprint density at radius 1 is 0.885 bits per heavy atom. The van der Waals surface area contributed by atoms with E-state index in [1.54, 1.807) is 28.0 Å². The van der Waals surface area contributed by atoms with Crippen LogP contribution in [0, 0.1) is 6.92 Å². The van der Waals surface area contributed by atoms with Crippen LogP contribution in [-0.2, 0) is 0 Å². The van der Waals surface area contributed by atoms with Gasteiger partial charge < -0.3 is 14.5 Å². The lowest BCUT2D eigenvalue weighted by atomic mass is 10.1. The summed E-state index contributed by atoms with van der Waals surface area (Å²) in [4.78, 5) is 28.8. The molecule has 2 aromatic rings. The number of aryl methyl sites for hydroxylation is 1.